The van der Waals surface area contributed by atoms with Crippen LogP contribution in [0.5, 0.6) is 5.75 Å². The van der Waals surface area contributed by atoms with E-state index in [2.05, 4.69) is 50.1 Å². The Labute approximate surface area is 142 Å². The van der Waals surface area contributed by atoms with Crippen LogP contribution in [0.4, 0.5) is 5.69 Å². The smallest absolute Gasteiger partial charge is 0.148 e. The third-order valence-electron chi connectivity index (χ3n) is 3.94. The van der Waals surface area contributed by atoms with Crippen molar-refractivity contribution in [2.75, 3.05) is 6.61 Å². The minimum atomic E-state index is 0.239. The van der Waals surface area contributed by atoms with Gasteiger partial charge in [0, 0.05) is 11.8 Å². The molecule has 0 amide bonds. The number of fused-ring (bicyclic) bond motifs is 1. The first-order valence-corrected chi connectivity index (χ1v) is 7.88. The maximum Gasteiger partial charge on any atom is 0.148 e. The van der Waals surface area contributed by atoms with Crippen LogP contribution in [-0.2, 0) is 0 Å². The van der Waals surface area contributed by atoms with Crippen LogP contribution in [0.15, 0.2) is 59.6 Å². The maximum absolute atomic E-state index is 5.71. The number of ether oxygens (including phenoxy) is 1. The topological polar surface area (TPSA) is 21.6 Å². The lowest BCUT2D eigenvalue weighted by Gasteiger charge is -2.10. The summed E-state index contributed by atoms with van der Waals surface area (Å²) in [5.74, 6) is 3.27. The molecular weight excluding hydrogens is 294 g/mol. The molecule has 3 aromatic rings. The van der Waals surface area contributed by atoms with Crippen LogP contribution in [0.2, 0.25) is 0 Å². The molecule has 2 heteroatoms. The van der Waals surface area contributed by atoms with Gasteiger partial charge in [-0.15, -0.1) is 6.42 Å². The lowest BCUT2D eigenvalue weighted by molar-refractivity contribution is 0.370. The van der Waals surface area contributed by atoms with Gasteiger partial charge in [-0.05, 0) is 47.9 Å². The monoisotopic (exact) mass is 313 g/mol. The zero-order chi connectivity index (χ0) is 16.9. The first-order valence-electron chi connectivity index (χ1n) is 7.88. The van der Waals surface area contributed by atoms with E-state index in [-0.39, 0.29) is 6.61 Å². The number of hydrogen-bond acceptors (Lipinski definition) is 2. The second-order valence-electron chi connectivity index (χ2n) is 5.74. The quantitative estimate of drug-likeness (QED) is 0.478. The lowest BCUT2D eigenvalue weighted by Crippen LogP contribution is -1.98. The molecule has 0 aliphatic heterocycles. The summed E-state index contributed by atoms with van der Waals surface area (Å²) in [5, 5.41) is 2.24. The van der Waals surface area contributed by atoms with Crippen LogP contribution in [0.25, 0.3) is 10.8 Å². The fourth-order valence-electron chi connectivity index (χ4n) is 2.65. The number of aryl methyl sites for hydroxylation is 2. The first kappa shape index (κ1) is 15.8. The van der Waals surface area contributed by atoms with E-state index in [9.17, 15) is 0 Å². The Morgan fingerprint density at radius 1 is 1.08 bits per heavy atom. The van der Waals surface area contributed by atoms with Crippen LogP contribution < -0.4 is 4.74 Å². The zero-order valence-corrected chi connectivity index (χ0v) is 13.9. The van der Waals surface area contributed by atoms with E-state index in [0.29, 0.717) is 0 Å². The Morgan fingerprint density at radius 3 is 2.75 bits per heavy atom. The second-order valence-corrected chi connectivity index (χ2v) is 5.74. The fraction of sp³-hybridized carbons (Fsp3) is 0.136. The van der Waals surface area contributed by atoms with Gasteiger partial charge >= 0.3 is 0 Å². The van der Waals surface area contributed by atoms with Crippen molar-refractivity contribution in [1.29, 1.82) is 0 Å². The predicted molar refractivity (Wildman–Crippen MR) is 101 cm³/mol. The molecule has 0 fully saturated rings. The Bertz CT molecular complexity index is 948. The third-order valence-corrected chi connectivity index (χ3v) is 3.94. The molecule has 0 N–H and O–H groups in total. The molecule has 0 saturated carbocycles. The van der Waals surface area contributed by atoms with Gasteiger partial charge in [0.15, 0.2) is 0 Å². The minimum Gasteiger partial charge on any atom is -0.480 e. The summed E-state index contributed by atoms with van der Waals surface area (Å²) >= 11 is 0. The van der Waals surface area contributed by atoms with Crippen LogP contribution in [0.3, 0.4) is 0 Å². The molecule has 0 spiro atoms. The highest BCUT2D eigenvalue weighted by Gasteiger charge is 2.07. The van der Waals surface area contributed by atoms with E-state index in [1.54, 1.807) is 0 Å². The van der Waals surface area contributed by atoms with E-state index in [1.165, 1.54) is 5.56 Å². The van der Waals surface area contributed by atoms with Gasteiger partial charge in [0.1, 0.15) is 12.4 Å². The Kier molecular flexibility index (Phi) is 4.63. The Hall–Kier alpha value is -3.05. The number of terminal acetylenes is 1. The summed E-state index contributed by atoms with van der Waals surface area (Å²) in [4.78, 5) is 4.70. The van der Waals surface area contributed by atoms with Crippen LogP contribution in [0.1, 0.15) is 16.7 Å². The molecule has 0 aromatic heterocycles. The van der Waals surface area contributed by atoms with E-state index in [4.69, 9.17) is 16.2 Å². The van der Waals surface area contributed by atoms with Crippen LogP contribution >= 0.6 is 0 Å². The number of nitrogens with zero attached hydrogens (tertiary/aromatic N) is 1. The van der Waals surface area contributed by atoms with Crippen molar-refractivity contribution in [3.8, 4) is 18.1 Å². The first-order chi connectivity index (χ1) is 11.7. The largest absolute Gasteiger partial charge is 0.480 e. The normalized spacial score (nSPS) is 10.9. The van der Waals surface area contributed by atoms with Gasteiger partial charge < -0.3 is 4.74 Å². The highest BCUT2D eigenvalue weighted by Crippen LogP contribution is 2.28. The molecule has 0 aliphatic carbocycles. The Morgan fingerprint density at radius 2 is 1.92 bits per heavy atom. The molecule has 24 heavy (non-hydrogen) atoms. The van der Waals surface area contributed by atoms with Gasteiger partial charge in [0.25, 0.3) is 0 Å². The minimum absolute atomic E-state index is 0.239. The molecule has 3 rings (SSSR count). The molecule has 0 radical (unpaired) electrons. The molecule has 3 aromatic carbocycles. The fourth-order valence-corrected chi connectivity index (χ4v) is 2.65. The molecule has 2 nitrogen and oxygen atoms in total. The van der Waals surface area contributed by atoms with Crippen molar-refractivity contribution >= 4 is 22.7 Å². The molecule has 0 aliphatic rings. The van der Waals surface area contributed by atoms with Crippen molar-refractivity contribution < 1.29 is 4.74 Å². The summed E-state index contributed by atoms with van der Waals surface area (Å²) < 4.78 is 5.71. The van der Waals surface area contributed by atoms with Gasteiger partial charge in [-0.1, -0.05) is 48.4 Å². The van der Waals surface area contributed by atoms with Gasteiger partial charge in [-0.3, -0.25) is 4.99 Å². The highest BCUT2D eigenvalue weighted by atomic mass is 16.5. The van der Waals surface area contributed by atoms with E-state index < -0.39 is 0 Å². The molecule has 0 saturated heterocycles. The van der Waals surface area contributed by atoms with Crippen molar-refractivity contribution in [3.05, 3.63) is 71.3 Å². The Balaban J connectivity index is 2.10. The van der Waals surface area contributed by atoms with Gasteiger partial charge in [0.05, 0.1) is 5.69 Å². The highest BCUT2D eigenvalue weighted by molar-refractivity contribution is 6.03. The zero-order valence-electron chi connectivity index (χ0n) is 13.9. The number of aliphatic imine (C=N–C) groups is 1. The molecule has 118 valence electrons. The van der Waals surface area contributed by atoms with E-state index >= 15 is 0 Å². The summed E-state index contributed by atoms with van der Waals surface area (Å²) in [7, 11) is 0. The average Bonchev–Trinajstić information content (AvgIpc) is 2.61. The number of rotatable bonds is 4. The van der Waals surface area contributed by atoms with Gasteiger partial charge in [0.2, 0.25) is 0 Å². The lowest BCUT2D eigenvalue weighted by atomic mass is 10.0. The van der Waals surface area contributed by atoms with Crippen molar-refractivity contribution in [2.45, 2.75) is 13.8 Å². The summed E-state index contributed by atoms with van der Waals surface area (Å²) in [5.41, 5.74) is 4.24. The SMILES string of the molecule is C#CCOc1ccc2ccccc2c1C=Nc1cc(C)ccc1C. The average molecular weight is 313 g/mol. The summed E-state index contributed by atoms with van der Waals surface area (Å²) in [6.07, 6.45) is 7.20. The third kappa shape index (κ3) is 3.31. The maximum atomic E-state index is 5.71. The second kappa shape index (κ2) is 7.02. The molecular formula is C22H19NO. The molecule has 0 unspecified atom stereocenters. The van der Waals surface area contributed by atoms with Crippen molar-refractivity contribution in [2.24, 2.45) is 4.99 Å². The standard InChI is InChI=1S/C22H19NO/c1-4-13-24-22-12-11-18-7-5-6-8-19(18)20(22)15-23-21-14-16(2)9-10-17(21)3/h1,5-12,14-15H,13H2,2-3H3. The molecule has 0 bridgehead atoms. The van der Waals surface area contributed by atoms with Crippen LogP contribution in [-0.4, -0.2) is 12.8 Å². The summed E-state index contributed by atoms with van der Waals surface area (Å²) in [6, 6.07) is 18.4. The van der Waals surface area contributed by atoms with Gasteiger partial charge in [-0.2, -0.15) is 0 Å². The molecule has 0 heterocycles. The van der Waals surface area contributed by atoms with Gasteiger partial charge in [-0.25, -0.2) is 0 Å². The van der Waals surface area contributed by atoms with Crippen LogP contribution in [0, 0.1) is 26.2 Å². The number of hydrogen-bond donors (Lipinski definition) is 0. The number of benzene rings is 3. The van der Waals surface area contributed by atoms with E-state index in [0.717, 1.165) is 33.3 Å². The van der Waals surface area contributed by atoms with Crippen molar-refractivity contribution in [3.63, 3.8) is 0 Å². The van der Waals surface area contributed by atoms with E-state index in [1.807, 2.05) is 30.5 Å². The molecule has 0 atom stereocenters. The van der Waals surface area contributed by atoms with Crippen molar-refractivity contribution in [1.82, 2.24) is 0 Å². The predicted octanol–water partition coefficient (Wildman–Crippen LogP) is 5.22. The summed E-state index contributed by atoms with van der Waals surface area (Å²) in [6.45, 7) is 4.37.